The molecule has 2 aromatic heterocycles. The van der Waals surface area contributed by atoms with Crippen LogP contribution in [0.25, 0.3) is 11.2 Å². The Morgan fingerprint density at radius 2 is 2.17 bits per heavy atom. The minimum absolute atomic E-state index is 0.523. The van der Waals surface area contributed by atoms with Gasteiger partial charge >= 0.3 is 0 Å². The molecule has 3 heterocycles. The Bertz CT molecular complexity index is 579. The molecule has 1 saturated heterocycles. The van der Waals surface area contributed by atoms with E-state index in [9.17, 15) is 0 Å². The van der Waals surface area contributed by atoms with E-state index in [1.54, 1.807) is 0 Å². The number of hydrogen-bond donors (Lipinski definition) is 1. The molecule has 4 heteroatoms. The smallest absolute Gasteiger partial charge is 0.158 e. The number of piperidine rings is 1. The summed E-state index contributed by atoms with van der Waals surface area (Å²) in [7, 11) is 2.03. The van der Waals surface area contributed by atoms with Crippen LogP contribution in [0.3, 0.4) is 0 Å². The first-order chi connectivity index (χ1) is 8.66. The second-order valence-electron chi connectivity index (χ2n) is 5.33. The van der Waals surface area contributed by atoms with Gasteiger partial charge < -0.3 is 9.88 Å². The highest BCUT2D eigenvalue weighted by Gasteiger charge is 2.20. The molecule has 0 aliphatic carbocycles. The van der Waals surface area contributed by atoms with Crippen molar-refractivity contribution in [3.8, 4) is 0 Å². The molecule has 0 aromatic carbocycles. The normalized spacial score (nSPS) is 20.5. The fourth-order valence-electron chi connectivity index (χ4n) is 2.92. The number of nitrogens with one attached hydrogen (secondary N) is 1. The van der Waals surface area contributed by atoms with Crippen molar-refractivity contribution >= 4 is 11.2 Å². The lowest BCUT2D eigenvalue weighted by Crippen LogP contribution is -2.29. The fraction of sp³-hybridized carbons (Fsp3) is 0.571. The third kappa shape index (κ3) is 1.81. The molecule has 4 nitrogen and oxygen atoms in total. The molecule has 1 atom stereocenters. The molecule has 0 saturated carbocycles. The van der Waals surface area contributed by atoms with Crippen LogP contribution in [0.2, 0.25) is 0 Å². The Balaban J connectivity index is 2.11. The number of fused-ring (bicyclic) bond motifs is 1. The monoisotopic (exact) mass is 244 g/mol. The Hall–Kier alpha value is -1.42. The minimum atomic E-state index is 0.523. The molecule has 0 amide bonds. The van der Waals surface area contributed by atoms with E-state index in [2.05, 4.69) is 29.9 Å². The van der Waals surface area contributed by atoms with E-state index >= 15 is 0 Å². The zero-order valence-corrected chi connectivity index (χ0v) is 11.3. The average Bonchev–Trinajstić information content (AvgIpc) is 2.65. The van der Waals surface area contributed by atoms with Crippen molar-refractivity contribution in [1.82, 2.24) is 19.9 Å². The van der Waals surface area contributed by atoms with E-state index in [0.717, 1.165) is 29.9 Å². The lowest BCUT2D eigenvalue weighted by atomic mass is 9.94. The predicted octanol–water partition coefficient (Wildman–Crippen LogP) is 2.05. The van der Waals surface area contributed by atoms with Crippen LogP contribution in [-0.4, -0.2) is 27.6 Å². The van der Waals surface area contributed by atoms with Gasteiger partial charge in [-0.3, -0.25) is 0 Å². The number of aromatic nitrogens is 3. The topological polar surface area (TPSA) is 42.7 Å². The van der Waals surface area contributed by atoms with Gasteiger partial charge in [-0.25, -0.2) is 9.97 Å². The summed E-state index contributed by atoms with van der Waals surface area (Å²) >= 11 is 0. The van der Waals surface area contributed by atoms with Crippen molar-refractivity contribution in [3.63, 3.8) is 0 Å². The Labute approximate surface area is 107 Å². The van der Waals surface area contributed by atoms with Crippen molar-refractivity contribution in [2.45, 2.75) is 32.6 Å². The maximum absolute atomic E-state index is 4.90. The zero-order chi connectivity index (χ0) is 12.7. The molecule has 1 N–H and O–H groups in total. The summed E-state index contributed by atoms with van der Waals surface area (Å²) in [5, 5.41) is 3.46. The number of nitrogens with zero attached hydrogens (tertiary/aromatic N) is 3. The van der Waals surface area contributed by atoms with E-state index in [1.165, 1.54) is 24.1 Å². The van der Waals surface area contributed by atoms with Gasteiger partial charge in [-0.15, -0.1) is 0 Å². The van der Waals surface area contributed by atoms with Gasteiger partial charge in [-0.2, -0.15) is 0 Å². The van der Waals surface area contributed by atoms with Gasteiger partial charge in [0.25, 0.3) is 0 Å². The summed E-state index contributed by atoms with van der Waals surface area (Å²) in [4.78, 5) is 9.64. The molecule has 1 aliphatic rings. The molecule has 1 aliphatic heterocycles. The summed E-state index contributed by atoms with van der Waals surface area (Å²) < 4.78 is 2.06. The van der Waals surface area contributed by atoms with Gasteiger partial charge in [-0.05, 0) is 38.8 Å². The van der Waals surface area contributed by atoms with Gasteiger partial charge in [0.05, 0.1) is 11.4 Å². The summed E-state index contributed by atoms with van der Waals surface area (Å²) in [6, 6.07) is 0. The molecule has 96 valence electrons. The van der Waals surface area contributed by atoms with Gasteiger partial charge in [-0.1, -0.05) is 0 Å². The van der Waals surface area contributed by atoms with Gasteiger partial charge in [0.1, 0.15) is 5.52 Å². The lowest BCUT2D eigenvalue weighted by molar-refractivity contribution is 0.453. The lowest BCUT2D eigenvalue weighted by Gasteiger charge is -2.23. The molecule has 0 spiro atoms. The Kier molecular flexibility index (Phi) is 2.82. The van der Waals surface area contributed by atoms with E-state index in [-0.39, 0.29) is 0 Å². The second kappa shape index (κ2) is 4.35. The summed E-state index contributed by atoms with van der Waals surface area (Å²) in [5.74, 6) is 0.523. The summed E-state index contributed by atoms with van der Waals surface area (Å²) in [6.07, 6.45) is 4.56. The quantitative estimate of drug-likeness (QED) is 0.835. The van der Waals surface area contributed by atoms with Crippen LogP contribution in [-0.2, 0) is 7.05 Å². The highest BCUT2D eigenvalue weighted by molar-refractivity contribution is 5.76. The van der Waals surface area contributed by atoms with Crippen LogP contribution in [0, 0.1) is 13.8 Å². The first kappa shape index (κ1) is 11.7. The molecule has 0 radical (unpaired) electrons. The second-order valence-corrected chi connectivity index (χ2v) is 5.33. The van der Waals surface area contributed by atoms with Crippen LogP contribution in [0.4, 0.5) is 0 Å². The van der Waals surface area contributed by atoms with E-state index < -0.39 is 0 Å². The maximum atomic E-state index is 4.90. The third-order valence-corrected chi connectivity index (χ3v) is 3.87. The predicted molar refractivity (Wildman–Crippen MR) is 72.8 cm³/mol. The van der Waals surface area contributed by atoms with Crippen LogP contribution in [0.1, 0.15) is 35.7 Å². The molecular weight excluding hydrogens is 224 g/mol. The standard InChI is InChI=1S/C14H20N4/c1-9-8-18(3)14-12(9)17-13(10(2)16-14)11-5-4-6-15-7-11/h8,11,15H,4-7H2,1-3H3. The van der Waals surface area contributed by atoms with Crippen molar-refractivity contribution < 1.29 is 0 Å². The molecule has 0 bridgehead atoms. The molecule has 3 rings (SSSR count). The minimum Gasteiger partial charge on any atom is -0.334 e. The number of rotatable bonds is 1. The summed E-state index contributed by atoms with van der Waals surface area (Å²) in [6.45, 7) is 6.36. The van der Waals surface area contributed by atoms with Gasteiger partial charge in [0, 0.05) is 25.7 Å². The average molecular weight is 244 g/mol. The first-order valence-electron chi connectivity index (χ1n) is 6.67. The van der Waals surface area contributed by atoms with Crippen molar-refractivity contribution in [2.24, 2.45) is 7.05 Å². The largest absolute Gasteiger partial charge is 0.334 e. The van der Waals surface area contributed by atoms with E-state index in [4.69, 9.17) is 9.97 Å². The Morgan fingerprint density at radius 3 is 2.89 bits per heavy atom. The number of hydrogen-bond acceptors (Lipinski definition) is 3. The Morgan fingerprint density at radius 1 is 1.33 bits per heavy atom. The maximum Gasteiger partial charge on any atom is 0.158 e. The third-order valence-electron chi connectivity index (χ3n) is 3.87. The van der Waals surface area contributed by atoms with Crippen molar-refractivity contribution in [1.29, 1.82) is 0 Å². The van der Waals surface area contributed by atoms with Crippen molar-refractivity contribution in [3.05, 3.63) is 23.1 Å². The highest BCUT2D eigenvalue weighted by atomic mass is 15.0. The van der Waals surface area contributed by atoms with Crippen LogP contribution < -0.4 is 5.32 Å². The molecule has 1 unspecified atom stereocenters. The number of aryl methyl sites for hydroxylation is 3. The molecule has 1 fully saturated rings. The van der Waals surface area contributed by atoms with Crippen LogP contribution >= 0.6 is 0 Å². The van der Waals surface area contributed by atoms with E-state index in [0.29, 0.717) is 5.92 Å². The van der Waals surface area contributed by atoms with E-state index in [1.807, 2.05) is 7.05 Å². The summed E-state index contributed by atoms with van der Waals surface area (Å²) in [5.41, 5.74) is 5.53. The van der Waals surface area contributed by atoms with Gasteiger partial charge in [0.15, 0.2) is 5.65 Å². The molecule has 2 aromatic rings. The first-order valence-corrected chi connectivity index (χ1v) is 6.67. The molecular formula is C14H20N4. The van der Waals surface area contributed by atoms with Crippen LogP contribution in [0.5, 0.6) is 0 Å². The van der Waals surface area contributed by atoms with Crippen LogP contribution in [0.15, 0.2) is 6.20 Å². The fourth-order valence-corrected chi connectivity index (χ4v) is 2.92. The SMILES string of the molecule is Cc1nc2c(nc1C1CCCNC1)c(C)cn2C. The molecule has 18 heavy (non-hydrogen) atoms. The van der Waals surface area contributed by atoms with Crippen molar-refractivity contribution in [2.75, 3.05) is 13.1 Å². The zero-order valence-electron chi connectivity index (χ0n) is 11.3. The highest BCUT2D eigenvalue weighted by Crippen LogP contribution is 2.26. The van der Waals surface area contributed by atoms with Gasteiger partial charge in [0.2, 0.25) is 0 Å².